The van der Waals surface area contributed by atoms with Crippen LogP contribution in [0, 0.1) is 0 Å². The molecule has 0 aliphatic carbocycles. The van der Waals surface area contributed by atoms with Gasteiger partial charge in [0, 0.05) is 18.8 Å². The van der Waals surface area contributed by atoms with Crippen LogP contribution in [0.5, 0.6) is 0 Å². The number of aromatic carboxylic acids is 1. The van der Waals surface area contributed by atoms with E-state index in [0.717, 1.165) is 6.42 Å². The van der Waals surface area contributed by atoms with E-state index >= 15 is 0 Å². The summed E-state index contributed by atoms with van der Waals surface area (Å²) >= 11 is 0. The van der Waals surface area contributed by atoms with Crippen LogP contribution >= 0.6 is 0 Å². The molecule has 1 rings (SSSR count). The highest BCUT2D eigenvalue weighted by Gasteiger charge is 2.11. The molecule has 1 aromatic heterocycles. The fraction of sp³-hybridized carbons (Fsp3) is 0.583. The van der Waals surface area contributed by atoms with Crippen LogP contribution in [-0.2, 0) is 6.54 Å². The second-order valence-corrected chi connectivity index (χ2v) is 4.11. The SMILES string of the molecule is CCCCC(C)NCc1ncncc1C(=O)O. The third kappa shape index (κ3) is 4.48. The molecule has 0 saturated heterocycles. The summed E-state index contributed by atoms with van der Waals surface area (Å²) in [7, 11) is 0. The van der Waals surface area contributed by atoms with Gasteiger partial charge >= 0.3 is 5.97 Å². The molecule has 1 atom stereocenters. The van der Waals surface area contributed by atoms with Crippen molar-refractivity contribution in [3.8, 4) is 0 Å². The second-order valence-electron chi connectivity index (χ2n) is 4.11. The summed E-state index contributed by atoms with van der Waals surface area (Å²) in [5.41, 5.74) is 0.707. The van der Waals surface area contributed by atoms with Crippen LogP contribution in [-0.4, -0.2) is 27.1 Å². The van der Waals surface area contributed by atoms with Crippen LogP contribution in [0.25, 0.3) is 0 Å². The standard InChI is InChI=1S/C12H19N3O2/c1-3-4-5-9(2)14-7-11-10(12(16)17)6-13-8-15-11/h6,8-9,14H,3-5,7H2,1-2H3,(H,16,17). The van der Waals surface area contributed by atoms with Crippen LogP contribution in [0.1, 0.15) is 49.2 Å². The number of nitrogens with one attached hydrogen (secondary N) is 1. The third-order valence-electron chi connectivity index (χ3n) is 2.63. The molecule has 5 heteroatoms. The van der Waals surface area contributed by atoms with Crippen molar-refractivity contribution in [3.05, 3.63) is 23.8 Å². The van der Waals surface area contributed by atoms with E-state index in [0.29, 0.717) is 18.3 Å². The van der Waals surface area contributed by atoms with Gasteiger partial charge in [-0.3, -0.25) is 0 Å². The monoisotopic (exact) mass is 237 g/mol. The molecule has 94 valence electrons. The predicted octanol–water partition coefficient (Wildman–Crippen LogP) is 1.84. The molecule has 17 heavy (non-hydrogen) atoms. The second kappa shape index (κ2) is 6.96. The van der Waals surface area contributed by atoms with E-state index in [4.69, 9.17) is 5.11 Å². The highest BCUT2D eigenvalue weighted by Crippen LogP contribution is 2.05. The van der Waals surface area contributed by atoms with Crippen molar-refractivity contribution in [2.75, 3.05) is 0 Å². The highest BCUT2D eigenvalue weighted by molar-refractivity contribution is 5.88. The van der Waals surface area contributed by atoms with Gasteiger partial charge in [0.25, 0.3) is 0 Å². The summed E-state index contributed by atoms with van der Waals surface area (Å²) in [6.07, 6.45) is 6.14. The molecular formula is C12H19N3O2. The molecule has 0 aliphatic heterocycles. The molecule has 0 fully saturated rings. The maximum atomic E-state index is 10.9. The first-order valence-corrected chi connectivity index (χ1v) is 5.90. The molecule has 1 heterocycles. The summed E-state index contributed by atoms with van der Waals surface area (Å²) in [6.45, 7) is 4.71. The molecule has 1 unspecified atom stereocenters. The molecule has 5 nitrogen and oxygen atoms in total. The highest BCUT2D eigenvalue weighted by atomic mass is 16.4. The van der Waals surface area contributed by atoms with E-state index in [1.54, 1.807) is 0 Å². The van der Waals surface area contributed by atoms with Gasteiger partial charge in [-0.25, -0.2) is 14.8 Å². The number of hydrogen-bond donors (Lipinski definition) is 2. The normalized spacial score (nSPS) is 12.4. The van der Waals surface area contributed by atoms with Crippen LogP contribution in [0.2, 0.25) is 0 Å². The van der Waals surface area contributed by atoms with Gasteiger partial charge in [-0.2, -0.15) is 0 Å². The van der Waals surface area contributed by atoms with Gasteiger partial charge < -0.3 is 10.4 Å². The lowest BCUT2D eigenvalue weighted by atomic mass is 10.1. The minimum Gasteiger partial charge on any atom is -0.478 e. The Balaban J connectivity index is 2.54. The fourth-order valence-electron chi connectivity index (χ4n) is 1.56. The number of rotatable bonds is 7. The number of hydrogen-bond acceptors (Lipinski definition) is 4. The Morgan fingerprint density at radius 2 is 2.35 bits per heavy atom. The molecular weight excluding hydrogens is 218 g/mol. The summed E-state index contributed by atoms with van der Waals surface area (Å²) in [4.78, 5) is 18.7. The maximum Gasteiger partial charge on any atom is 0.339 e. The zero-order valence-electron chi connectivity index (χ0n) is 10.3. The summed E-state index contributed by atoms with van der Waals surface area (Å²) < 4.78 is 0. The van der Waals surface area contributed by atoms with Crippen molar-refractivity contribution < 1.29 is 9.90 Å². The maximum absolute atomic E-state index is 10.9. The van der Waals surface area contributed by atoms with Gasteiger partial charge in [0.1, 0.15) is 11.9 Å². The van der Waals surface area contributed by atoms with Crippen molar-refractivity contribution in [2.45, 2.75) is 45.7 Å². The van der Waals surface area contributed by atoms with Crippen LogP contribution in [0.4, 0.5) is 0 Å². The Hall–Kier alpha value is -1.49. The van der Waals surface area contributed by atoms with Gasteiger partial charge in [-0.1, -0.05) is 19.8 Å². The summed E-state index contributed by atoms with van der Waals surface area (Å²) in [6, 6.07) is 0.367. The van der Waals surface area contributed by atoms with E-state index in [-0.39, 0.29) is 5.56 Å². The van der Waals surface area contributed by atoms with E-state index < -0.39 is 5.97 Å². The zero-order chi connectivity index (χ0) is 12.7. The van der Waals surface area contributed by atoms with Crippen molar-refractivity contribution >= 4 is 5.97 Å². The molecule has 0 aliphatic rings. The lowest BCUT2D eigenvalue weighted by Gasteiger charge is -2.13. The molecule has 0 spiro atoms. The van der Waals surface area contributed by atoms with E-state index in [2.05, 4.69) is 29.1 Å². The average molecular weight is 237 g/mol. The molecule has 0 bridgehead atoms. The number of carboxylic acid groups (broad SMARTS) is 1. The fourth-order valence-corrected chi connectivity index (χ4v) is 1.56. The molecule has 0 saturated carbocycles. The zero-order valence-corrected chi connectivity index (χ0v) is 10.3. The Morgan fingerprint density at radius 3 is 3.00 bits per heavy atom. The van der Waals surface area contributed by atoms with Crippen LogP contribution < -0.4 is 5.32 Å². The topological polar surface area (TPSA) is 75.1 Å². The van der Waals surface area contributed by atoms with E-state index in [1.165, 1.54) is 25.4 Å². The number of unbranched alkanes of at least 4 members (excludes halogenated alkanes) is 1. The molecule has 2 N–H and O–H groups in total. The van der Waals surface area contributed by atoms with Crippen LogP contribution in [0.15, 0.2) is 12.5 Å². The average Bonchev–Trinajstić information content (AvgIpc) is 2.34. The lowest BCUT2D eigenvalue weighted by molar-refractivity contribution is 0.0694. The third-order valence-corrected chi connectivity index (χ3v) is 2.63. The molecule has 0 aromatic carbocycles. The van der Waals surface area contributed by atoms with E-state index in [1.807, 2.05) is 0 Å². The number of aromatic nitrogens is 2. The van der Waals surface area contributed by atoms with Crippen molar-refractivity contribution in [2.24, 2.45) is 0 Å². The van der Waals surface area contributed by atoms with Crippen LogP contribution in [0.3, 0.4) is 0 Å². The summed E-state index contributed by atoms with van der Waals surface area (Å²) in [5, 5.41) is 12.2. The van der Waals surface area contributed by atoms with Gasteiger partial charge in [-0.15, -0.1) is 0 Å². The Kier molecular flexibility index (Phi) is 5.56. The minimum atomic E-state index is -0.983. The van der Waals surface area contributed by atoms with E-state index in [9.17, 15) is 4.79 Å². The summed E-state index contributed by atoms with van der Waals surface area (Å²) in [5.74, 6) is -0.983. The number of carboxylic acids is 1. The molecule has 0 amide bonds. The Morgan fingerprint density at radius 1 is 1.59 bits per heavy atom. The van der Waals surface area contributed by atoms with Gasteiger partial charge in [-0.05, 0) is 13.3 Å². The predicted molar refractivity (Wildman–Crippen MR) is 64.8 cm³/mol. The first-order valence-electron chi connectivity index (χ1n) is 5.90. The molecule has 1 aromatic rings. The Bertz CT molecular complexity index is 369. The molecule has 0 radical (unpaired) electrons. The largest absolute Gasteiger partial charge is 0.478 e. The van der Waals surface area contributed by atoms with Crippen molar-refractivity contribution in [1.82, 2.24) is 15.3 Å². The van der Waals surface area contributed by atoms with Crippen molar-refractivity contribution in [3.63, 3.8) is 0 Å². The van der Waals surface area contributed by atoms with Crippen molar-refractivity contribution in [1.29, 1.82) is 0 Å². The first kappa shape index (κ1) is 13.6. The van der Waals surface area contributed by atoms with Gasteiger partial charge in [0.2, 0.25) is 0 Å². The first-order chi connectivity index (χ1) is 8.15. The quantitative estimate of drug-likeness (QED) is 0.757. The minimum absolute atomic E-state index is 0.169. The number of carbonyl (C=O) groups is 1. The van der Waals surface area contributed by atoms with Gasteiger partial charge in [0.05, 0.1) is 5.69 Å². The van der Waals surface area contributed by atoms with Gasteiger partial charge in [0.15, 0.2) is 0 Å². The lowest BCUT2D eigenvalue weighted by Crippen LogP contribution is -2.26. The number of nitrogens with zero attached hydrogens (tertiary/aromatic N) is 2. The smallest absolute Gasteiger partial charge is 0.339 e. The Labute approximate surface area is 101 Å².